The van der Waals surface area contributed by atoms with Gasteiger partial charge in [0.2, 0.25) is 0 Å². The number of halogens is 5. The molecule has 1 aliphatic carbocycles. The fourth-order valence-corrected chi connectivity index (χ4v) is 3.14. The van der Waals surface area contributed by atoms with Crippen LogP contribution >= 0.6 is 0 Å². The molecule has 146 valence electrons. The highest BCUT2D eigenvalue weighted by atomic mass is 19.4. The third-order valence-electron chi connectivity index (χ3n) is 4.41. The second-order valence-corrected chi connectivity index (χ2v) is 6.49. The van der Waals surface area contributed by atoms with Gasteiger partial charge >= 0.3 is 6.36 Å². The van der Waals surface area contributed by atoms with Crippen molar-refractivity contribution in [3.05, 3.63) is 69.8 Å². The Morgan fingerprint density at radius 3 is 2.50 bits per heavy atom. The number of alkyl halides is 3. The molecule has 28 heavy (non-hydrogen) atoms. The van der Waals surface area contributed by atoms with Crippen molar-refractivity contribution >= 4 is 6.08 Å². The van der Waals surface area contributed by atoms with Crippen molar-refractivity contribution in [1.82, 2.24) is 0 Å². The summed E-state index contributed by atoms with van der Waals surface area (Å²) in [7, 11) is 0. The summed E-state index contributed by atoms with van der Waals surface area (Å²) < 4.78 is 68.6. The van der Waals surface area contributed by atoms with Gasteiger partial charge in [-0.25, -0.2) is 8.78 Å². The van der Waals surface area contributed by atoms with Gasteiger partial charge in [0.05, 0.1) is 5.56 Å². The van der Waals surface area contributed by atoms with E-state index in [1.807, 2.05) is 6.08 Å². The van der Waals surface area contributed by atoms with E-state index in [4.69, 9.17) is 0 Å². The average molecular weight is 392 g/mol. The number of rotatable bonds is 3. The van der Waals surface area contributed by atoms with Crippen LogP contribution in [0.25, 0.3) is 6.08 Å². The number of ether oxygens (including phenoxy) is 1. The average Bonchev–Trinajstić information content (AvgIpc) is 2.62. The molecule has 1 aliphatic rings. The van der Waals surface area contributed by atoms with Crippen molar-refractivity contribution in [2.75, 3.05) is 0 Å². The Morgan fingerprint density at radius 2 is 1.82 bits per heavy atom. The number of hydrogen-bond acceptors (Lipinski definition) is 1. The molecule has 0 heterocycles. The van der Waals surface area contributed by atoms with Crippen LogP contribution < -0.4 is 4.74 Å². The molecule has 0 aromatic heterocycles. The highest BCUT2D eigenvalue weighted by Gasteiger charge is 2.32. The molecule has 0 spiro atoms. The molecule has 0 fully saturated rings. The molecular formula is C22H17F5O. The highest BCUT2D eigenvalue weighted by Crippen LogP contribution is 2.30. The van der Waals surface area contributed by atoms with Crippen LogP contribution in [0.4, 0.5) is 22.0 Å². The van der Waals surface area contributed by atoms with Crippen LogP contribution in [0.3, 0.4) is 0 Å². The first-order chi connectivity index (χ1) is 13.3. The zero-order valence-corrected chi connectivity index (χ0v) is 15.1. The first kappa shape index (κ1) is 19.9. The van der Waals surface area contributed by atoms with Crippen LogP contribution in [0.1, 0.15) is 48.4 Å². The maximum atomic E-state index is 14.7. The smallest absolute Gasteiger partial charge is 0.403 e. The number of fused-ring (bicyclic) bond motifs is 1. The van der Waals surface area contributed by atoms with Gasteiger partial charge in [-0.05, 0) is 54.7 Å². The molecule has 2 aromatic rings. The van der Waals surface area contributed by atoms with Crippen LogP contribution in [-0.4, -0.2) is 6.36 Å². The molecular weight excluding hydrogens is 375 g/mol. The summed E-state index contributed by atoms with van der Waals surface area (Å²) in [5.74, 6) is 2.69. The van der Waals surface area contributed by atoms with Gasteiger partial charge in [-0.2, -0.15) is 0 Å². The summed E-state index contributed by atoms with van der Waals surface area (Å²) in [4.78, 5) is 0. The van der Waals surface area contributed by atoms with Crippen LogP contribution in [0.15, 0.2) is 35.9 Å². The molecule has 2 aromatic carbocycles. The van der Waals surface area contributed by atoms with Gasteiger partial charge in [-0.1, -0.05) is 42.9 Å². The lowest BCUT2D eigenvalue weighted by molar-refractivity contribution is -0.275. The summed E-state index contributed by atoms with van der Waals surface area (Å²) in [6.45, 7) is 2.10. The predicted octanol–water partition coefficient (Wildman–Crippen LogP) is 6.39. The predicted molar refractivity (Wildman–Crippen MR) is 96.7 cm³/mol. The highest BCUT2D eigenvalue weighted by molar-refractivity contribution is 5.62. The van der Waals surface area contributed by atoms with Crippen LogP contribution in [0.2, 0.25) is 0 Å². The Balaban J connectivity index is 1.85. The normalized spacial score (nSPS) is 13.3. The van der Waals surface area contributed by atoms with Crippen molar-refractivity contribution in [1.29, 1.82) is 0 Å². The molecule has 0 unspecified atom stereocenters. The number of hydrogen-bond donors (Lipinski definition) is 0. The van der Waals surface area contributed by atoms with Gasteiger partial charge in [0.15, 0.2) is 11.6 Å². The van der Waals surface area contributed by atoms with E-state index < -0.39 is 23.7 Å². The Bertz CT molecular complexity index is 977. The molecule has 0 amide bonds. The minimum atomic E-state index is -4.98. The Morgan fingerprint density at radius 1 is 1.04 bits per heavy atom. The Kier molecular flexibility index (Phi) is 5.73. The van der Waals surface area contributed by atoms with E-state index in [0.717, 1.165) is 37.0 Å². The van der Waals surface area contributed by atoms with E-state index in [9.17, 15) is 22.0 Å². The topological polar surface area (TPSA) is 9.23 Å². The summed E-state index contributed by atoms with van der Waals surface area (Å²) in [5, 5.41) is 0. The van der Waals surface area contributed by atoms with Gasteiger partial charge in [0, 0.05) is 5.56 Å². The van der Waals surface area contributed by atoms with Gasteiger partial charge < -0.3 is 4.74 Å². The second-order valence-electron chi connectivity index (χ2n) is 6.49. The van der Waals surface area contributed by atoms with Crippen molar-refractivity contribution in [2.24, 2.45) is 0 Å². The first-order valence-corrected chi connectivity index (χ1v) is 8.85. The Hall–Kier alpha value is -2.81. The third-order valence-corrected chi connectivity index (χ3v) is 4.41. The third kappa shape index (κ3) is 4.72. The molecule has 0 radical (unpaired) electrons. The summed E-state index contributed by atoms with van der Waals surface area (Å²) in [6.07, 6.45) is 0.461. The van der Waals surface area contributed by atoms with Crippen molar-refractivity contribution in [3.8, 4) is 17.6 Å². The lowest BCUT2D eigenvalue weighted by atomic mass is 9.88. The molecule has 6 heteroatoms. The largest absolute Gasteiger partial charge is 0.573 e. The maximum absolute atomic E-state index is 14.7. The van der Waals surface area contributed by atoms with E-state index in [-0.39, 0.29) is 11.1 Å². The maximum Gasteiger partial charge on any atom is 0.573 e. The molecule has 0 bridgehead atoms. The molecule has 0 atom stereocenters. The zero-order valence-electron chi connectivity index (χ0n) is 15.1. The lowest BCUT2D eigenvalue weighted by Gasteiger charge is -2.17. The number of benzene rings is 2. The van der Waals surface area contributed by atoms with Gasteiger partial charge in [-0.3, -0.25) is 0 Å². The van der Waals surface area contributed by atoms with Crippen molar-refractivity contribution < 1.29 is 26.7 Å². The fraction of sp³-hybridized carbons (Fsp3) is 0.273. The quantitative estimate of drug-likeness (QED) is 0.434. The standard InChI is InChI=1S/C22H17F5O/c1-2-3-14-5-10-18-17(12-14)9-8-16(21(18)24)7-4-15-6-11-20(19(23)13-15)28-22(25,26)27/h6,8-9,11-13H,2-3,5,10H2,1H3. The Labute approximate surface area is 159 Å². The molecule has 0 saturated carbocycles. The van der Waals surface area contributed by atoms with E-state index in [2.05, 4.69) is 23.5 Å². The van der Waals surface area contributed by atoms with E-state index >= 15 is 0 Å². The summed E-state index contributed by atoms with van der Waals surface area (Å²) in [6, 6.07) is 6.22. The monoisotopic (exact) mass is 392 g/mol. The minimum absolute atomic E-state index is 0.120. The first-order valence-electron chi connectivity index (χ1n) is 8.85. The molecule has 0 saturated heterocycles. The van der Waals surface area contributed by atoms with Gasteiger partial charge in [0.25, 0.3) is 0 Å². The van der Waals surface area contributed by atoms with E-state index in [1.165, 1.54) is 11.6 Å². The van der Waals surface area contributed by atoms with Gasteiger partial charge in [-0.15, -0.1) is 13.2 Å². The second kappa shape index (κ2) is 8.05. The lowest BCUT2D eigenvalue weighted by Crippen LogP contribution is -2.17. The fourth-order valence-electron chi connectivity index (χ4n) is 3.14. The van der Waals surface area contributed by atoms with Crippen LogP contribution in [0.5, 0.6) is 5.75 Å². The van der Waals surface area contributed by atoms with Crippen molar-refractivity contribution in [3.63, 3.8) is 0 Å². The SMILES string of the molecule is CCCC1=Cc2ccc(C#Cc3ccc(OC(F)(F)F)c(F)c3)c(F)c2CC1. The van der Waals surface area contributed by atoms with E-state index in [1.54, 1.807) is 12.1 Å². The number of allylic oxidation sites excluding steroid dienone is 1. The molecule has 0 N–H and O–H groups in total. The van der Waals surface area contributed by atoms with E-state index in [0.29, 0.717) is 12.0 Å². The van der Waals surface area contributed by atoms with Crippen LogP contribution in [-0.2, 0) is 6.42 Å². The summed E-state index contributed by atoms with van der Waals surface area (Å²) >= 11 is 0. The van der Waals surface area contributed by atoms with Crippen molar-refractivity contribution in [2.45, 2.75) is 39.0 Å². The summed E-state index contributed by atoms with van der Waals surface area (Å²) in [5.41, 5.74) is 3.03. The minimum Gasteiger partial charge on any atom is -0.403 e. The molecule has 1 nitrogen and oxygen atoms in total. The zero-order chi connectivity index (χ0) is 20.3. The molecule has 0 aliphatic heterocycles. The van der Waals surface area contributed by atoms with Crippen LogP contribution in [0, 0.1) is 23.5 Å². The van der Waals surface area contributed by atoms with Gasteiger partial charge in [0.1, 0.15) is 5.82 Å². The molecule has 3 rings (SSSR count).